The summed E-state index contributed by atoms with van der Waals surface area (Å²) in [6.45, 7) is 1.32. The minimum absolute atomic E-state index is 0.312. The van der Waals surface area contributed by atoms with E-state index in [1.807, 2.05) is 6.07 Å². The van der Waals surface area contributed by atoms with Gasteiger partial charge in [0, 0.05) is 17.0 Å². The van der Waals surface area contributed by atoms with Crippen molar-refractivity contribution >= 4 is 27.7 Å². The minimum atomic E-state index is -0.346. The van der Waals surface area contributed by atoms with Gasteiger partial charge in [0.25, 0.3) is 5.91 Å². The molecule has 0 aliphatic rings. The molecule has 1 rings (SSSR count). The summed E-state index contributed by atoms with van der Waals surface area (Å²) < 4.78 is 0.813. The summed E-state index contributed by atoms with van der Waals surface area (Å²) in [5.74, 6) is -0.658. The van der Waals surface area contributed by atoms with Gasteiger partial charge >= 0.3 is 0 Å². The Bertz CT molecular complexity index is 366. The highest BCUT2D eigenvalue weighted by Gasteiger charge is 2.04. The third-order valence-corrected chi connectivity index (χ3v) is 1.93. The maximum absolute atomic E-state index is 11.4. The number of halogens is 1. The van der Waals surface area contributed by atoms with Crippen LogP contribution < -0.4 is 10.9 Å². The Morgan fingerprint density at radius 1 is 1.29 bits per heavy atom. The molecule has 74 valence electrons. The average Bonchev–Trinajstić information content (AvgIpc) is 2.14. The van der Waals surface area contributed by atoms with Gasteiger partial charge in [-0.3, -0.25) is 20.4 Å². The Morgan fingerprint density at radius 2 is 2.00 bits per heavy atom. The van der Waals surface area contributed by atoms with E-state index in [4.69, 9.17) is 0 Å². The van der Waals surface area contributed by atoms with Crippen molar-refractivity contribution in [3.63, 3.8) is 0 Å². The van der Waals surface area contributed by atoms with Crippen LogP contribution in [0, 0.1) is 0 Å². The highest BCUT2D eigenvalue weighted by atomic mass is 79.9. The molecule has 4 nitrogen and oxygen atoms in total. The van der Waals surface area contributed by atoms with E-state index in [1.165, 1.54) is 6.92 Å². The first-order chi connectivity index (χ1) is 6.59. The maximum Gasteiger partial charge on any atom is 0.269 e. The van der Waals surface area contributed by atoms with Crippen LogP contribution in [0.25, 0.3) is 0 Å². The predicted molar refractivity (Wildman–Crippen MR) is 55.4 cm³/mol. The van der Waals surface area contributed by atoms with E-state index in [-0.39, 0.29) is 11.8 Å². The van der Waals surface area contributed by atoms with E-state index in [9.17, 15) is 9.59 Å². The first-order valence-electron chi connectivity index (χ1n) is 3.92. The molecule has 5 heteroatoms. The predicted octanol–water partition coefficient (Wildman–Crippen LogP) is 1.23. The van der Waals surface area contributed by atoms with Gasteiger partial charge in [0.1, 0.15) is 0 Å². The smallest absolute Gasteiger partial charge is 0.269 e. The molecule has 2 amide bonds. The van der Waals surface area contributed by atoms with Gasteiger partial charge in [-0.1, -0.05) is 22.0 Å². The van der Waals surface area contributed by atoms with Crippen molar-refractivity contribution in [2.24, 2.45) is 0 Å². The van der Waals surface area contributed by atoms with Gasteiger partial charge in [0.05, 0.1) is 0 Å². The lowest BCUT2D eigenvalue weighted by atomic mass is 10.2. The van der Waals surface area contributed by atoms with Gasteiger partial charge < -0.3 is 0 Å². The SMILES string of the molecule is CC(=O)NNC(=O)c1cccc(Br)c1. The molecular weight excluding hydrogens is 248 g/mol. The fourth-order valence-electron chi connectivity index (χ4n) is 0.847. The zero-order valence-electron chi connectivity index (χ0n) is 7.50. The number of carbonyl (C=O) groups is 2. The standard InChI is InChI=1S/C9H9BrN2O2/c1-6(13)11-12-9(14)7-3-2-4-8(10)5-7/h2-5H,1H3,(H,11,13)(H,12,14). The lowest BCUT2D eigenvalue weighted by Gasteiger charge is -2.04. The topological polar surface area (TPSA) is 58.2 Å². The Hall–Kier alpha value is -1.36. The fourth-order valence-corrected chi connectivity index (χ4v) is 1.25. The molecule has 0 radical (unpaired) electrons. The third kappa shape index (κ3) is 3.18. The largest absolute Gasteiger partial charge is 0.274 e. The van der Waals surface area contributed by atoms with Gasteiger partial charge in [-0.05, 0) is 18.2 Å². The first-order valence-corrected chi connectivity index (χ1v) is 4.71. The van der Waals surface area contributed by atoms with Gasteiger partial charge in [0.2, 0.25) is 5.91 Å². The summed E-state index contributed by atoms with van der Waals surface area (Å²) in [5.41, 5.74) is 4.96. The molecule has 1 aromatic rings. The van der Waals surface area contributed by atoms with Crippen LogP contribution in [0.4, 0.5) is 0 Å². The second-order valence-corrected chi connectivity index (χ2v) is 3.56. The monoisotopic (exact) mass is 256 g/mol. The number of benzene rings is 1. The molecule has 14 heavy (non-hydrogen) atoms. The summed E-state index contributed by atoms with van der Waals surface area (Å²) in [7, 11) is 0. The second kappa shape index (κ2) is 4.76. The number of amides is 2. The Labute approximate surface area is 89.8 Å². The molecule has 0 aliphatic carbocycles. The van der Waals surface area contributed by atoms with Crippen LogP contribution in [-0.4, -0.2) is 11.8 Å². The first kappa shape index (κ1) is 10.7. The fraction of sp³-hybridized carbons (Fsp3) is 0.111. The number of carbonyl (C=O) groups excluding carboxylic acids is 2. The van der Waals surface area contributed by atoms with E-state index >= 15 is 0 Å². The number of hydrogen-bond donors (Lipinski definition) is 2. The molecule has 2 N–H and O–H groups in total. The molecule has 0 saturated carbocycles. The van der Waals surface area contributed by atoms with Crippen molar-refractivity contribution in [1.29, 1.82) is 0 Å². The van der Waals surface area contributed by atoms with Crippen molar-refractivity contribution in [2.45, 2.75) is 6.92 Å². The summed E-state index contributed by atoms with van der Waals surface area (Å²) in [6.07, 6.45) is 0. The molecule has 0 atom stereocenters. The molecule has 0 bridgehead atoms. The summed E-state index contributed by atoms with van der Waals surface area (Å²) in [6, 6.07) is 6.88. The van der Waals surface area contributed by atoms with E-state index in [0.29, 0.717) is 5.56 Å². The van der Waals surface area contributed by atoms with Crippen LogP contribution in [0.2, 0.25) is 0 Å². The molecule has 0 heterocycles. The quantitative estimate of drug-likeness (QED) is 0.743. The van der Waals surface area contributed by atoms with Crippen LogP contribution in [0.15, 0.2) is 28.7 Å². The zero-order valence-corrected chi connectivity index (χ0v) is 9.09. The van der Waals surface area contributed by atoms with Crippen LogP contribution in [-0.2, 0) is 4.79 Å². The Morgan fingerprint density at radius 3 is 2.57 bits per heavy atom. The van der Waals surface area contributed by atoms with E-state index in [0.717, 1.165) is 4.47 Å². The van der Waals surface area contributed by atoms with E-state index in [2.05, 4.69) is 26.8 Å². The molecule has 0 saturated heterocycles. The summed E-state index contributed by atoms with van der Waals surface area (Å²) in [4.78, 5) is 21.9. The average molecular weight is 257 g/mol. The third-order valence-electron chi connectivity index (χ3n) is 1.44. The van der Waals surface area contributed by atoms with Gasteiger partial charge in [-0.2, -0.15) is 0 Å². The maximum atomic E-state index is 11.4. The van der Waals surface area contributed by atoms with Crippen molar-refractivity contribution in [3.05, 3.63) is 34.3 Å². The molecule has 1 aromatic carbocycles. The zero-order chi connectivity index (χ0) is 10.6. The van der Waals surface area contributed by atoms with Crippen molar-refractivity contribution in [3.8, 4) is 0 Å². The van der Waals surface area contributed by atoms with Gasteiger partial charge in [-0.15, -0.1) is 0 Å². The summed E-state index contributed by atoms with van der Waals surface area (Å²) in [5, 5.41) is 0. The van der Waals surface area contributed by atoms with Gasteiger partial charge in [0.15, 0.2) is 0 Å². The highest BCUT2D eigenvalue weighted by molar-refractivity contribution is 9.10. The lowest BCUT2D eigenvalue weighted by molar-refractivity contribution is -0.119. The van der Waals surface area contributed by atoms with Crippen LogP contribution in [0.5, 0.6) is 0 Å². The molecule has 0 spiro atoms. The number of rotatable bonds is 1. The molecule has 0 unspecified atom stereocenters. The van der Waals surface area contributed by atoms with Crippen molar-refractivity contribution in [2.75, 3.05) is 0 Å². The van der Waals surface area contributed by atoms with Crippen molar-refractivity contribution in [1.82, 2.24) is 10.9 Å². The van der Waals surface area contributed by atoms with Crippen LogP contribution >= 0.6 is 15.9 Å². The number of nitrogens with one attached hydrogen (secondary N) is 2. The highest BCUT2D eigenvalue weighted by Crippen LogP contribution is 2.10. The summed E-state index contributed by atoms with van der Waals surface area (Å²) >= 11 is 3.24. The Kier molecular flexibility index (Phi) is 3.64. The molecule has 0 aliphatic heterocycles. The number of hydrazine groups is 1. The minimum Gasteiger partial charge on any atom is -0.274 e. The van der Waals surface area contributed by atoms with Crippen molar-refractivity contribution < 1.29 is 9.59 Å². The van der Waals surface area contributed by atoms with Crippen LogP contribution in [0.1, 0.15) is 17.3 Å². The van der Waals surface area contributed by atoms with E-state index in [1.54, 1.807) is 18.2 Å². The second-order valence-electron chi connectivity index (χ2n) is 2.65. The van der Waals surface area contributed by atoms with Gasteiger partial charge in [-0.25, -0.2) is 0 Å². The lowest BCUT2D eigenvalue weighted by Crippen LogP contribution is -2.40. The molecule has 0 aromatic heterocycles. The molecule has 0 fully saturated rings. The van der Waals surface area contributed by atoms with Crippen LogP contribution in [0.3, 0.4) is 0 Å². The normalized spacial score (nSPS) is 9.29. The van der Waals surface area contributed by atoms with E-state index < -0.39 is 0 Å². The molecular formula is C9H9BrN2O2. The number of hydrogen-bond acceptors (Lipinski definition) is 2. The Balaban J connectivity index is 2.65.